The zero-order valence-corrected chi connectivity index (χ0v) is 18.7. The summed E-state index contributed by atoms with van der Waals surface area (Å²) >= 11 is 0. The van der Waals surface area contributed by atoms with Crippen LogP contribution < -0.4 is 4.74 Å². The number of aliphatic carboxylic acids is 1. The minimum absolute atomic E-state index is 0.0302. The molecule has 0 aliphatic carbocycles. The van der Waals surface area contributed by atoms with Crippen molar-refractivity contribution in [3.8, 4) is 40.0 Å². The van der Waals surface area contributed by atoms with E-state index in [2.05, 4.69) is 40.1 Å². The van der Waals surface area contributed by atoms with Crippen molar-refractivity contribution in [3.05, 3.63) is 48.2 Å². The highest BCUT2D eigenvalue weighted by Gasteiger charge is 2.32. The summed E-state index contributed by atoms with van der Waals surface area (Å²) in [5, 5.41) is 27.2. The first-order valence-electron chi connectivity index (χ1n) is 11.1. The van der Waals surface area contributed by atoms with Crippen LogP contribution in [-0.2, 0) is 11.3 Å². The zero-order valence-electron chi connectivity index (χ0n) is 18.7. The van der Waals surface area contributed by atoms with Crippen LogP contribution in [0.5, 0.6) is 5.75 Å². The average molecular weight is 511 g/mol. The van der Waals surface area contributed by atoms with Gasteiger partial charge >= 0.3 is 12.3 Å². The van der Waals surface area contributed by atoms with Crippen LogP contribution in [0.1, 0.15) is 24.5 Å². The van der Waals surface area contributed by atoms with Crippen molar-refractivity contribution in [1.82, 2.24) is 35.3 Å². The Hall–Kier alpha value is -4.75. The average Bonchev–Trinajstić information content (AvgIpc) is 3.62. The second-order valence-corrected chi connectivity index (χ2v) is 8.54. The molecular weight excluding hydrogens is 495 g/mol. The van der Waals surface area contributed by atoms with Crippen LogP contribution in [-0.4, -0.2) is 52.8 Å². The largest absolute Gasteiger partial charge is 0.573 e. The molecule has 4 heterocycles. The van der Waals surface area contributed by atoms with Crippen molar-refractivity contribution in [2.45, 2.75) is 31.7 Å². The number of fused-ring (bicyclic) bond motifs is 3. The molecule has 0 saturated carbocycles. The lowest BCUT2D eigenvalue weighted by Crippen LogP contribution is -2.17. The first-order chi connectivity index (χ1) is 17.7. The van der Waals surface area contributed by atoms with Crippen molar-refractivity contribution in [3.63, 3.8) is 0 Å². The fourth-order valence-corrected chi connectivity index (χ4v) is 4.66. The molecule has 0 saturated heterocycles. The van der Waals surface area contributed by atoms with Gasteiger partial charge in [0.2, 0.25) is 5.82 Å². The van der Waals surface area contributed by atoms with Crippen LogP contribution in [0.4, 0.5) is 13.2 Å². The number of carbonyl (C=O) groups is 1. The molecule has 0 amide bonds. The van der Waals surface area contributed by atoms with Crippen molar-refractivity contribution in [2.75, 3.05) is 0 Å². The normalized spacial score (nSPS) is 15.3. The quantitative estimate of drug-likeness (QED) is 0.339. The summed E-state index contributed by atoms with van der Waals surface area (Å²) in [6, 6.07) is 11.3. The number of ether oxygens (including phenoxy) is 1. The van der Waals surface area contributed by atoms with E-state index in [1.807, 2.05) is 24.3 Å². The number of alkyl halides is 3. The smallest absolute Gasteiger partial charge is 0.481 e. The third-order valence-corrected chi connectivity index (χ3v) is 6.16. The molecule has 0 bridgehead atoms. The van der Waals surface area contributed by atoms with E-state index in [4.69, 9.17) is 4.52 Å². The Morgan fingerprint density at radius 3 is 2.76 bits per heavy atom. The number of H-pyrrole nitrogens is 1. The van der Waals surface area contributed by atoms with Crippen molar-refractivity contribution < 1.29 is 32.3 Å². The molecule has 2 aromatic carbocycles. The summed E-state index contributed by atoms with van der Waals surface area (Å²) < 4.78 is 50.3. The van der Waals surface area contributed by atoms with Gasteiger partial charge in [0.25, 0.3) is 5.89 Å². The predicted molar refractivity (Wildman–Crippen MR) is 120 cm³/mol. The molecule has 0 spiro atoms. The number of rotatable bonds is 6. The van der Waals surface area contributed by atoms with Gasteiger partial charge in [0.15, 0.2) is 5.82 Å². The number of hydrogen-bond acceptors (Lipinski definition) is 8. The molecule has 0 radical (unpaired) electrons. The van der Waals surface area contributed by atoms with Crippen molar-refractivity contribution in [2.24, 2.45) is 0 Å². The number of aromatic amines is 1. The minimum atomic E-state index is -4.91. The molecule has 6 rings (SSSR count). The van der Waals surface area contributed by atoms with Gasteiger partial charge in [-0.3, -0.25) is 4.79 Å². The lowest BCUT2D eigenvalue weighted by atomic mass is 10.0. The van der Waals surface area contributed by atoms with Crippen LogP contribution in [0, 0.1) is 0 Å². The third kappa shape index (κ3) is 4.37. The molecule has 0 unspecified atom stereocenters. The lowest BCUT2D eigenvalue weighted by Gasteiger charge is -2.10. The van der Waals surface area contributed by atoms with Gasteiger partial charge in [-0.25, -0.2) is 5.10 Å². The van der Waals surface area contributed by atoms with Gasteiger partial charge in [-0.1, -0.05) is 5.16 Å². The molecular formula is C23H16F3N7O4. The summed E-state index contributed by atoms with van der Waals surface area (Å²) in [5.41, 5.74) is 2.97. The molecule has 14 heteroatoms. The standard InChI is InChI=1S/C23H16F3N7O4/c24-23(25,26)36-16-7-14(21-28-31-32-29-21)6-15(8-16)22-27-20(30-37-22)12-1-2-17-13(5-12)9-18-11(10-19(34)35)3-4-33(17)18/h1-2,5-9,11H,3-4,10H2,(H,34,35)(H,28,29,31,32)/t11-/m0/s1. The number of tetrazole rings is 1. The van der Waals surface area contributed by atoms with Crippen LogP contribution in [0.15, 0.2) is 47.0 Å². The Balaban J connectivity index is 1.35. The van der Waals surface area contributed by atoms with E-state index < -0.39 is 18.1 Å². The van der Waals surface area contributed by atoms with Crippen molar-refractivity contribution in [1.29, 1.82) is 0 Å². The molecule has 5 aromatic rings. The van der Waals surface area contributed by atoms with E-state index in [9.17, 15) is 23.1 Å². The number of carboxylic acid groups (broad SMARTS) is 1. The number of carboxylic acids is 1. The number of aryl methyl sites for hydroxylation is 1. The van der Waals surface area contributed by atoms with Gasteiger partial charge in [0, 0.05) is 45.7 Å². The van der Waals surface area contributed by atoms with Gasteiger partial charge in [-0.05, 0) is 59.3 Å². The van der Waals surface area contributed by atoms with Gasteiger partial charge in [0.1, 0.15) is 5.75 Å². The van der Waals surface area contributed by atoms with Crippen molar-refractivity contribution >= 4 is 16.9 Å². The molecule has 1 aliphatic rings. The number of halogens is 3. The van der Waals surface area contributed by atoms with Crippen LogP contribution in [0.3, 0.4) is 0 Å². The summed E-state index contributed by atoms with van der Waals surface area (Å²) in [6.45, 7) is 0.738. The van der Waals surface area contributed by atoms with E-state index in [-0.39, 0.29) is 41.0 Å². The molecule has 188 valence electrons. The second kappa shape index (κ2) is 8.43. The van der Waals surface area contributed by atoms with E-state index in [0.717, 1.165) is 41.7 Å². The monoisotopic (exact) mass is 511 g/mol. The Morgan fingerprint density at radius 1 is 1.16 bits per heavy atom. The lowest BCUT2D eigenvalue weighted by molar-refractivity contribution is -0.274. The molecule has 3 aromatic heterocycles. The Morgan fingerprint density at radius 2 is 2.00 bits per heavy atom. The molecule has 2 N–H and O–H groups in total. The Labute approximate surface area is 204 Å². The summed E-state index contributed by atoms with van der Waals surface area (Å²) in [7, 11) is 0. The summed E-state index contributed by atoms with van der Waals surface area (Å²) in [6.07, 6.45) is -4.07. The number of nitrogens with zero attached hydrogens (tertiary/aromatic N) is 6. The second-order valence-electron chi connectivity index (χ2n) is 8.54. The number of hydrogen-bond donors (Lipinski definition) is 2. The SMILES string of the molecule is O=C(O)C[C@@H]1CCn2c1cc1cc(-c3noc(-c4cc(OC(F)(F)F)cc(-c5nnn[nH]5)c4)n3)ccc12. The molecule has 37 heavy (non-hydrogen) atoms. The molecule has 11 nitrogen and oxygen atoms in total. The van der Waals surface area contributed by atoms with E-state index in [1.54, 1.807) is 0 Å². The minimum Gasteiger partial charge on any atom is -0.481 e. The highest BCUT2D eigenvalue weighted by Crippen LogP contribution is 2.38. The summed E-state index contributed by atoms with van der Waals surface area (Å²) in [5.74, 6) is -1.06. The van der Waals surface area contributed by atoms with Crippen LogP contribution in [0.25, 0.3) is 45.1 Å². The highest BCUT2D eigenvalue weighted by molar-refractivity contribution is 5.86. The number of nitrogens with one attached hydrogen (secondary N) is 1. The topological polar surface area (TPSA) is 145 Å². The molecule has 1 aliphatic heterocycles. The van der Waals surface area contributed by atoms with E-state index in [1.165, 1.54) is 6.07 Å². The van der Waals surface area contributed by atoms with Crippen LogP contribution >= 0.6 is 0 Å². The van der Waals surface area contributed by atoms with E-state index in [0.29, 0.717) is 5.56 Å². The maximum absolute atomic E-state index is 12.9. The highest BCUT2D eigenvalue weighted by atomic mass is 19.4. The van der Waals surface area contributed by atoms with Crippen LogP contribution in [0.2, 0.25) is 0 Å². The fraction of sp³-hybridized carbons (Fsp3) is 0.217. The summed E-state index contributed by atoms with van der Waals surface area (Å²) in [4.78, 5) is 15.6. The van der Waals surface area contributed by atoms with Gasteiger partial charge in [0.05, 0.1) is 6.42 Å². The zero-order chi connectivity index (χ0) is 25.7. The number of benzene rings is 2. The Bertz CT molecular complexity index is 1630. The third-order valence-electron chi connectivity index (χ3n) is 6.16. The maximum atomic E-state index is 12.9. The molecule has 1 atom stereocenters. The van der Waals surface area contributed by atoms with Gasteiger partial charge in [-0.15, -0.1) is 18.3 Å². The Kier molecular flexibility index (Phi) is 5.17. The molecule has 0 fully saturated rings. The van der Waals surface area contributed by atoms with Gasteiger partial charge < -0.3 is 18.9 Å². The van der Waals surface area contributed by atoms with E-state index >= 15 is 0 Å². The van der Waals surface area contributed by atoms with Gasteiger partial charge in [-0.2, -0.15) is 4.98 Å². The maximum Gasteiger partial charge on any atom is 0.573 e. The number of aromatic nitrogens is 7. The first-order valence-corrected chi connectivity index (χ1v) is 11.1. The fourth-order valence-electron chi connectivity index (χ4n) is 4.66. The predicted octanol–water partition coefficient (Wildman–Crippen LogP) is 4.40. The first kappa shape index (κ1) is 22.7.